The highest BCUT2D eigenvalue weighted by molar-refractivity contribution is 5.46. The zero-order chi connectivity index (χ0) is 13.3. The number of unbranched alkanes of at least 4 members (excludes halogenated alkanes) is 2. The minimum Gasteiger partial charge on any atom is -0.370 e. The SMILES string of the molecule is CCCCCNc1cc(NC2CCCNC2)ncn1. The van der Waals surface area contributed by atoms with Crippen molar-refractivity contribution in [1.29, 1.82) is 0 Å². The molecule has 0 aromatic carbocycles. The molecule has 1 aliphatic rings. The number of piperidine rings is 1. The highest BCUT2D eigenvalue weighted by Crippen LogP contribution is 2.13. The van der Waals surface area contributed by atoms with Crippen LogP contribution < -0.4 is 16.0 Å². The molecule has 0 radical (unpaired) electrons. The van der Waals surface area contributed by atoms with Crippen LogP contribution >= 0.6 is 0 Å². The van der Waals surface area contributed by atoms with Gasteiger partial charge in [0, 0.05) is 25.2 Å². The molecule has 106 valence electrons. The Labute approximate surface area is 115 Å². The molecule has 0 bridgehead atoms. The van der Waals surface area contributed by atoms with Crippen LogP contribution in [0.2, 0.25) is 0 Å². The van der Waals surface area contributed by atoms with Gasteiger partial charge >= 0.3 is 0 Å². The fourth-order valence-corrected chi connectivity index (χ4v) is 2.31. The lowest BCUT2D eigenvalue weighted by molar-refractivity contribution is 0.479. The van der Waals surface area contributed by atoms with E-state index in [1.54, 1.807) is 6.33 Å². The van der Waals surface area contributed by atoms with E-state index in [9.17, 15) is 0 Å². The third-order valence-electron chi connectivity index (χ3n) is 3.40. The lowest BCUT2D eigenvalue weighted by Crippen LogP contribution is -2.38. The molecule has 3 N–H and O–H groups in total. The Morgan fingerprint density at radius 1 is 1.32 bits per heavy atom. The van der Waals surface area contributed by atoms with E-state index >= 15 is 0 Å². The molecule has 1 atom stereocenters. The molecular formula is C14H25N5. The molecule has 0 aliphatic carbocycles. The van der Waals surface area contributed by atoms with Crippen molar-refractivity contribution < 1.29 is 0 Å². The van der Waals surface area contributed by atoms with Crippen LogP contribution in [-0.2, 0) is 0 Å². The normalized spacial score (nSPS) is 19.1. The zero-order valence-corrected chi connectivity index (χ0v) is 11.8. The Kier molecular flexibility index (Phi) is 5.88. The van der Waals surface area contributed by atoms with Crippen LogP contribution in [0, 0.1) is 0 Å². The summed E-state index contributed by atoms with van der Waals surface area (Å²) < 4.78 is 0. The monoisotopic (exact) mass is 263 g/mol. The van der Waals surface area contributed by atoms with Crippen LogP contribution in [0.25, 0.3) is 0 Å². The minimum atomic E-state index is 0.483. The van der Waals surface area contributed by atoms with E-state index < -0.39 is 0 Å². The van der Waals surface area contributed by atoms with E-state index in [4.69, 9.17) is 0 Å². The second-order valence-electron chi connectivity index (χ2n) is 5.11. The quantitative estimate of drug-likeness (QED) is 0.659. The second kappa shape index (κ2) is 7.94. The van der Waals surface area contributed by atoms with Gasteiger partial charge < -0.3 is 16.0 Å². The number of rotatable bonds is 7. The average molecular weight is 263 g/mol. The Bertz CT molecular complexity index is 363. The summed E-state index contributed by atoms with van der Waals surface area (Å²) in [5.41, 5.74) is 0. The summed E-state index contributed by atoms with van der Waals surface area (Å²) in [6.45, 7) is 5.34. The minimum absolute atomic E-state index is 0.483. The van der Waals surface area contributed by atoms with Crippen LogP contribution in [0.15, 0.2) is 12.4 Å². The summed E-state index contributed by atoms with van der Waals surface area (Å²) in [6.07, 6.45) is 7.75. The first kappa shape index (κ1) is 14.1. The van der Waals surface area contributed by atoms with Crippen LogP contribution in [0.5, 0.6) is 0 Å². The fraction of sp³-hybridized carbons (Fsp3) is 0.714. The Morgan fingerprint density at radius 2 is 2.21 bits per heavy atom. The van der Waals surface area contributed by atoms with Crippen molar-refractivity contribution in [2.24, 2.45) is 0 Å². The van der Waals surface area contributed by atoms with Crippen LogP contribution in [-0.4, -0.2) is 35.6 Å². The highest BCUT2D eigenvalue weighted by Gasteiger charge is 2.12. The van der Waals surface area contributed by atoms with E-state index in [0.29, 0.717) is 6.04 Å². The number of hydrogen-bond donors (Lipinski definition) is 3. The van der Waals surface area contributed by atoms with Crippen LogP contribution in [0.3, 0.4) is 0 Å². The molecule has 0 saturated carbocycles. The predicted octanol–water partition coefficient (Wildman–Crippen LogP) is 2.24. The molecule has 0 amide bonds. The van der Waals surface area contributed by atoms with Crippen molar-refractivity contribution in [1.82, 2.24) is 15.3 Å². The maximum atomic E-state index is 4.29. The molecule has 1 unspecified atom stereocenters. The number of hydrogen-bond acceptors (Lipinski definition) is 5. The van der Waals surface area contributed by atoms with E-state index in [1.165, 1.54) is 32.1 Å². The molecule has 1 aromatic rings. The summed E-state index contributed by atoms with van der Waals surface area (Å²) in [5.74, 6) is 1.83. The second-order valence-corrected chi connectivity index (χ2v) is 5.11. The molecule has 1 aliphatic heterocycles. The maximum absolute atomic E-state index is 4.29. The van der Waals surface area contributed by atoms with Crippen molar-refractivity contribution in [2.45, 2.75) is 45.1 Å². The summed E-state index contributed by atoms with van der Waals surface area (Å²) in [7, 11) is 0. The van der Waals surface area contributed by atoms with Gasteiger partial charge in [-0.15, -0.1) is 0 Å². The van der Waals surface area contributed by atoms with Gasteiger partial charge in [-0.05, 0) is 25.8 Å². The Hall–Kier alpha value is -1.36. The number of anilines is 2. The lowest BCUT2D eigenvalue weighted by atomic mass is 10.1. The summed E-state index contributed by atoms with van der Waals surface area (Å²) in [5, 5.41) is 10.2. The van der Waals surface area contributed by atoms with E-state index in [0.717, 1.165) is 31.3 Å². The predicted molar refractivity (Wildman–Crippen MR) is 79.6 cm³/mol. The Morgan fingerprint density at radius 3 is 3.00 bits per heavy atom. The molecular weight excluding hydrogens is 238 g/mol. The maximum Gasteiger partial charge on any atom is 0.131 e. The standard InChI is InChI=1S/C14H25N5/c1-2-3-4-8-16-13-9-14(18-11-17-13)19-12-6-5-7-15-10-12/h9,11-12,15H,2-8,10H2,1H3,(H2,16,17,18,19). The first-order valence-electron chi connectivity index (χ1n) is 7.41. The van der Waals surface area contributed by atoms with Crippen LogP contribution in [0.4, 0.5) is 11.6 Å². The number of aromatic nitrogens is 2. The molecule has 1 saturated heterocycles. The molecule has 1 aromatic heterocycles. The van der Waals surface area contributed by atoms with Gasteiger partial charge in [0.15, 0.2) is 0 Å². The number of nitrogens with one attached hydrogen (secondary N) is 3. The van der Waals surface area contributed by atoms with Crippen molar-refractivity contribution >= 4 is 11.6 Å². The molecule has 5 heteroatoms. The first-order chi connectivity index (χ1) is 9.38. The lowest BCUT2D eigenvalue weighted by Gasteiger charge is -2.24. The molecule has 1 fully saturated rings. The van der Waals surface area contributed by atoms with E-state index in [1.807, 2.05) is 6.07 Å². The topological polar surface area (TPSA) is 61.9 Å². The first-order valence-corrected chi connectivity index (χ1v) is 7.41. The van der Waals surface area contributed by atoms with Crippen molar-refractivity contribution in [3.8, 4) is 0 Å². The summed E-state index contributed by atoms with van der Waals surface area (Å²) in [6, 6.07) is 2.48. The molecule has 2 heterocycles. The van der Waals surface area contributed by atoms with Crippen molar-refractivity contribution in [2.75, 3.05) is 30.3 Å². The van der Waals surface area contributed by atoms with Crippen LogP contribution in [0.1, 0.15) is 39.0 Å². The molecule has 2 rings (SSSR count). The third-order valence-corrected chi connectivity index (χ3v) is 3.40. The van der Waals surface area contributed by atoms with Gasteiger partial charge in [0.1, 0.15) is 18.0 Å². The van der Waals surface area contributed by atoms with E-state index in [2.05, 4.69) is 32.8 Å². The highest BCUT2D eigenvalue weighted by atomic mass is 15.1. The van der Waals surface area contributed by atoms with Gasteiger partial charge in [-0.3, -0.25) is 0 Å². The van der Waals surface area contributed by atoms with Gasteiger partial charge in [0.25, 0.3) is 0 Å². The van der Waals surface area contributed by atoms with Crippen molar-refractivity contribution in [3.63, 3.8) is 0 Å². The van der Waals surface area contributed by atoms with Gasteiger partial charge in [-0.25, -0.2) is 9.97 Å². The van der Waals surface area contributed by atoms with Gasteiger partial charge in [0.2, 0.25) is 0 Å². The summed E-state index contributed by atoms with van der Waals surface area (Å²) >= 11 is 0. The average Bonchev–Trinajstić information content (AvgIpc) is 2.45. The molecule has 5 nitrogen and oxygen atoms in total. The molecule has 0 spiro atoms. The largest absolute Gasteiger partial charge is 0.370 e. The Balaban J connectivity index is 1.80. The van der Waals surface area contributed by atoms with Crippen molar-refractivity contribution in [3.05, 3.63) is 12.4 Å². The molecule has 19 heavy (non-hydrogen) atoms. The summed E-state index contributed by atoms with van der Waals surface area (Å²) in [4.78, 5) is 8.54. The third kappa shape index (κ3) is 5.03. The fourth-order valence-electron chi connectivity index (χ4n) is 2.31. The van der Waals surface area contributed by atoms with E-state index in [-0.39, 0.29) is 0 Å². The van der Waals surface area contributed by atoms with Gasteiger partial charge in [0.05, 0.1) is 0 Å². The van der Waals surface area contributed by atoms with Gasteiger partial charge in [-0.2, -0.15) is 0 Å². The number of nitrogens with zero attached hydrogens (tertiary/aromatic N) is 2. The smallest absolute Gasteiger partial charge is 0.131 e. The van der Waals surface area contributed by atoms with Gasteiger partial charge in [-0.1, -0.05) is 19.8 Å². The zero-order valence-electron chi connectivity index (χ0n) is 11.8.